The molecular weight excluding hydrogens is 443 g/mol. The molecule has 0 spiro atoms. The normalized spacial score (nSPS) is 12.0. The molecule has 0 aliphatic rings. The maximum Gasteiger partial charge on any atom is 0.389 e. The van der Waals surface area contributed by atoms with Crippen LogP contribution in [0.5, 0.6) is 0 Å². The first-order valence-corrected chi connectivity index (χ1v) is 9.95. The Morgan fingerprint density at radius 3 is 2.42 bits per heavy atom. The Morgan fingerprint density at radius 2 is 1.84 bits per heavy atom. The van der Waals surface area contributed by atoms with Gasteiger partial charge in [-0.15, -0.1) is 0 Å². The summed E-state index contributed by atoms with van der Waals surface area (Å²) in [6.07, 6.45) is -4.15. The van der Waals surface area contributed by atoms with E-state index in [1.54, 1.807) is 13.8 Å². The van der Waals surface area contributed by atoms with Crippen LogP contribution in [-0.2, 0) is 0 Å². The highest BCUT2D eigenvalue weighted by Crippen LogP contribution is 2.29. The summed E-state index contributed by atoms with van der Waals surface area (Å²) in [5.74, 6) is -2.64. The summed E-state index contributed by atoms with van der Waals surface area (Å²) in [6, 6.07) is 1.33. The van der Waals surface area contributed by atoms with E-state index in [1.165, 1.54) is 10.8 Å². The molecule has 0 saturated heterocycles. The lowest BCUT2D eigenvalue weighted by molar-refractivity contribution is -0.129. The second kappa shape index (κ2) is 8.65. The van der Waals surface area contributed by atoms with Gasteiger partial charge in [0.25, 0.3) is 5.56 Å². The van der Waals surface area contributed by atoms with E-state index in [4.69, 9.17) is 5.73 Å². The Balaban J connectivity index is 2.02. The monoisotopic (exact) mass is 460 g/mol. The molecule has 0 aliphatic heterocycles. The van der Waals surface area contributed by atoms with E-state index in [0.717, 1.165) is 12.1 Å². The van der Waals surface area contributed by atoms with Crippen LogP contribution < -0.4 is 16.0 Å². The number of anilines is 2. The molecular formula is C18H17F5N6OS. The number of nitrogens with two attached hydrogens (primary N) is 1. The average Bonchev–Trinajstić information content (AvgIpc) is 2.64. The molecule has 0 radical (unpaired) electrons. The van der Waals surface area contributed by atoms with Gasteiger partial charge < -0.3 is 10.5 Å². The fourth-order valence-corrected chi connectivity index (χ4v) is 3.54. The number of nitrogens with one attached hydrogen (secondary N) is 1. The molecule has 0 aliphatic carbocycles. The van der Waals surface area contributed by atoms with E-state index in [1.807, 2.05) is 0 Å². The maximum absolute atomic E-state index is 14.8. The van der Waals surface area contributed by atoms with Crippen molar-refractivity contribution in [1.82, 2.24) is 19.5 Å². The van der Waals surface area contributed by atoms with Crippen molar-refractivity contribution in [3.05, 3.63) is 40.3 Å². The smallest absolute Gasteiger partial charge is 0.368 e. The molecule has 0 unspecified atom stereocenters. The highest BCUT2D eigenvalue weighted by molar-refractivity contribution is 8.00. The molecule has 0 amide bonds. The van der Waals surface area contributed by atoms with Crippen molar-refractivity contribution in [3.63, 3.8) is 0 Å². The van der Waals surface area contributed by atoms with Gasteiger partial charge in [0.2, 0.25) is 5.95 Å². The van der Waals surface area contributed by atoms with Gasteiger partial charge in [-0.2, -0.15) is 18.2 Å². The average molecular weight is 460 g/mol. The van der Waals surface area contributed by atoms with Crippen molar-refractivity contribution in [2.75, 3.05) is 16.2 Å². The van der Waals surface area contributed by atoms with Crippen LogP contribution in [-0.4, -0.2) is 31.4 Å². The second-order valence-electron chi connectivity index (χ2n) is 6.80. The SMILES string of the molecule is CC(C)n1c(=O)c(-c2c(F)cc(NSCCC(F)(F)F)cc2F)nc2cnc(N)nc21. The Morgan fingerprint density at radius 1 is 1.19 bits per heavy atom. The third kappa shape index (κ3) is 5.03. The minimum absolute atomic E-state index is 0.0907. The molecule has 3 rings (SSSR count). The Hall–Kier alpha value is -2.96. The molecule has 0 fully saturated rings. The van der Waals surface area contributed by atoms with Gasteiger partial charge in [0, 0.05) is 17.5 Å². The molecule has 2 heterocycles. The zero-order valence-electron chi connectivity index (χ0n) is 16.3. The summed E-state index contributed by atoms with van der Waals surface area (Å²) in [5.41, 5.74) is 3.79. The lowest BCUT2D eigenvalue weighted by atomic mass is 10.1. The predicted octanol–water partition coefficient (Wildman–Crippen LogP) is 4.31. The molecule has 3 N–H and O–H groups in total. The molecule has 1 aromatic carbocycles. The third-order valence-corrected chi connectivity index (χ3v) is 4.91. The van der Waals surface area contributed by atoms with E-state index >= 15 is 0 Å². The molecule has 3 aromatic rings. The summed E-state index contributed by atoms with van der Waals surface area (Å²) in [7, 11) is 0. The van der Waals surface area contributed by atoms with Crippen molar-refractivity contribution >= 4 is 34.7 Å². The third-order valence-electron chi connectivity index (χ3n) is 4.12. The summed E-state index contributed by atoms with van der Waals surface area (Å²) >= 11 is 0.652. The molecule has 2 aromatic heterocycles. The first-order valence-electron chi connectivity index (χ1n) is 8.96. The highest BCUT2D eigenvalue weighted by atomic mass is 32.2. The number of benzene rings is 1. The first kappa shape index (κ1) is 22.7. The lowest BCUT2D eigenvalue weighted by Crippen LogP contribution is -2.27. The van der Waals surface area contributed by atoms with Crippen molar-refractivity contribution in [2.45, 2.75) is 32.5 Å². The number of aromatic nitrogens is 4. The Kier molecular flexibility index (Phi) is 6.34. The molecule has 0 bridgehead atoms. The zero-order chi connectivity index (χ0) is 22.9. The number of hydrogen-bond donors (Lipinski definition) is 2. The van der Waals surface area contributed by atoms with Crippen LogP contribution in [0.1, 0.15) is 26.3 Å². The number of halogens is 5. The minimum atomic E-state index is -4.33. The number of fused-ring (bicyclic) bond motifs is 1. The number of alkyl halides is 3. The topological polar surface area (TPSA) is 98.7 Å². The largest absolute Gasteiger partial charge is 0.389 e. The van der Waals surface area contributed by atoms with E-state index < -0.39 is 47.1 Å². The second-order valence-corrected chi connectivity index (χ2v) is 7.70. The van der Waals surface area contributed by atoms with Gasteiger partial charge in [-0.05, 0) is 26.0 Å². The molecule has 0 atom stereocenters. The summed E-state index contributed by atoms with van der Waals surface area (Å²) in [5, 5.41) is 0. The van der Waals surface area contributed by atoms with Crippen LogP contribution in [0.15, 0.2) is 23.1 Å². The molecule has 7 nitrogen and oxygen atoms in total. The molecule has 0 saturated carbocycles. The van der Waals surface area contributed by atoms with Crippen LogP contribution in [0.3, 0.4) is 0 Å². The van der Waals surface area contributed by atoms with Crippen molar-refractivity contribution in [2.24, 2.45) is 0 Å². The summed E-state index contributed by atoms with van der Waals surface area (Å²) < 4.78 is 69.8. The molecule has 13 heteroatoms. The summed E-state index contributed by atoms with van der Waals surface area (Å²) in [6.45, 7) is 3.36. The van der Waals surface area contributed by atoms with E-state index in [0.29, 0.717) is 11.9 Å². The van der Waals surface area contributed by atoms with Gasteiger partial charge in [0.15, 0.2) is 5.65 Å². The van der Waals surface area contributed by atoms with Gasteiger partial charge in [-0.3, -0.25) is 9.36 Å². The fourth-order valence-electron chi connectivity index (χ4n) is 2.82. The highest BCUT2D eigenvalue weighted by Gasteiger charge is 2.26. The van der Waals surface area contributed by atoms with Crippen molar-refractivity contribution in [3.8, 4) is 11.3 Å². The van der Waals surface area contributed by atoms with E-state index in [9.17, 15) is 26.7 Å². The first-order chi connectivity index (χ1) is 14.5. The Bertz CT molecular complexity index is 1160. The molecule has 31 heavy (non-hydrogen) atoms. The van der Waals surface area contributed by atoms with E-state index in [-0.39, 0.29) is 28.6 Å². The summed E-state index contributed by atoms with van der Waals surface area (Å²) in [4.78, 5) is 24.8. The predicted molar refractivity (Wildman–Crippen MR) is 108 cm³/mol. The van der Waals surface area contributed by atoms with Crippen LogP contribution in [0.4, 0.5) is 33.6 Å². The number of nitrogens with zero attached hydrogens (tertiary/aromatic N) is 4. The van der Waals surface area contributed by atoms with E-state index in [2.05, 4.69) is 19.7 Å². The van der Waals surface area contributed by atoms with Gasteiger partial charge in [-0.1, -0.05) is 11.9 Å². The van der Waals surface area contributed by atoms with Crippen LogP contribution >= 0.6 is 11.9 Å². The maximum atomic E-state index is 14.8. The number of hydrogen-bond acceptors (Lipinski definition) is 7. The Labute approximate surface area is 177 Å². The van der Waals surface area contributed by atoms with Gasteiger partial charge in [0.1, 0.15) is 22.8 Å². The van der Waals surface area contributed by atoms with Crippen molar-refractivity contribution in [1.29, 1.82) is 0 Å². The van der Waals surface area contributed by atoms with Gasteiger partial charge >= 0.3 is 6.18 Å². The fraction of sp³-hybridized carbons (Fsp3) is 0.333. The standard InChI is InChI=1S/C18H17F5N6OS/c1-8(2)29-15-12(7-25-17(24)27-15)26-14(16(29)30)13-10(19)5-9(6-11(13)20)28-31-4-3-18(21,22)23/h5-8,28H,3-4H2,1-2H3,(H2,24,25,27). The number of rotatable bonds is 6. The quantitative estimate of drug-likeness (QED) is 0.321. The minimum Gasteiger partial charge on any atom is -0.368 e. The van der Waals surface area contributed by atoms with Crippen LogP contribution in [0.25, 0.3) is 22.4 Å². The van der Waals surface area contributed by atoms with Gasteiger partial charge in [0.05, 0.1) is 18.2 Å². The molecule has 166 valence electrons. The van der Waals surface area contributed by atoms with Crippen molar-refractivity contribution < 1.29 is 22.0 Å². The van der Waals surface area contributed by atoms with Crippen LogP contribution in [0, 0.1) is 11.6 Å². The van der Waals surface area contributed by atoms with Crippen LogP contribution in [0.2, 0.25) is 0 Å². The van der Waals surface area contributed by atoms with Gasteiger partial charge in [-0.25, -0.2) is 18.7 Å². The zero-order valence-corrected chi connectivity index (χ0v) is 17.1. The lowest BCUT2D eigenvalue weighted by Gasteiger charge is -2.15. The number of nitrogen functional groups attached to an aromatic ring is 1.